The van der Waals surface area contributed by atoms with Crippen LogP contribution in [0.3, 0.4) is 0 Å². The van der Waals surface area contributed by atoms with Crippen molar-refractivity contribution in [2.24, 2.45) is 0 Å². The van der Waals surface area contributed by atoms with Gasteiger partial charge >= 0.3 is 0 Å². The lowest BCUT2D eigenvalue weighted by Gasteiger charge is -2.14. The first-order valence-electron chi connectivity index (χ1n) is 8.84. The van der Waals surface area contributed by atoms with Crippen LogP contribution in [0, 0.1) is 0 Å². The summed E-state index contributed by atoms with van der Waals surface area (Å²) < 4.78 is 10.6. The van der Waals surface area contributed by atoms with Gasteiger partial charge in [0.1, 0.15) is 28.2 Å². The predicted molar refractivity (Wildman–Crippen MR) is 111 cm³/mol. The van der Waals surface area contributed by atoms with Gasteiger partial charge in [0, 0.05) is 17.7 Å². The number of aromatic nitrogens is 3. The number of fused-ring (bicyclic) bond motifs is 1. The molecule has 0 radical (unpaired) electrons. The Labute approximate surface area is 166 Å². The minimum absolute atomic E-state index is 0.261. The molecule has 0 atom stereocenters. The summed E-state index contributed by atoms with van der Waals surface area (Å²) in [6.45, 7) is 0. The lowest BCUT2D eigenvalue weighted by Crippen LogP contribution is -2.14. The Balaban J connectivity index is 1.74. The van der Waals surface area contributed by atoms with Crippen LogP contribution < -0.4 is 20.5 Å². The van der Waals surface area contributed by atoms with E-state index in [1.165, 1.54) is 11.9 Å². The SMILES string of the molecule is COc1ccc2nn(-c3cc(NC(=O)c4ccccc4)c(OC)cc3N)nc2c1. The summed E-state index contributed by atoms with van der Waals surface area (Å²) in [5.74, 6) is 0.861. The summed E-state index contributed by atoms with van der Waals surface area (Å²) in [5.41, 5.74) is 9.47. The third-order valence-corrected chi connectivity index (χ3v) is 4.44. The first-order valence-corrected chi connectivity index (χ1v) is 8.84. The molecule has 3 N–H and O–H groups in total. The molecule has 0 fully saturated rings. The molecule has 1 heterocycles. The maximum atomic E-state index is 12.6. The van der Waals surface area contributed by atoms with Crippen LogP contribution in [-0.4, -0.2) is 35.1 Å². The van der Waals surface area contributed by atoms with Crippen LogP contribution in [0.5, 0.6) is 11.5 Å². The van der Waals surface area contributed by atoms with E-state index in [1.807, 2.05) is 18.2 Å². The monoisotopic (exact) mass is 389 g/mol. The number of amides is 1. The second kappa shape index (κ2) is 7.51. The van der Waals surface area contributed by atoms with Crippen molar-refractivity contribution in [2.45, 2.75) is 0 Å². The van der Waals surface area contributed by atoms with Gasteiger partial charge in [-0.25, -0.2) is 0 Å². The van der Waals surface area contributed by atoms with Crippen molar-refractivity contribution in [2.75, 3.05) is 25.3 Å². The maximum Gasteiger partial charge on any atom is 0.255 e. The lowest BCUT2D eigenvalue weighted by molar-refractivity contribution is 0.102. The Morgan fingerprint density at radius 1 is 0.966 bits per heavy atom. The number of benzene rings is 3. The van der Waals surface area contributed by atoms with Crippen LogP contribution in [0.15, 0.2) is 60.7 Å². The molecule has 0 bridgehead atoms. The second-order valence-electron chi connectivity index (χ2n) is 6.28. The number of carbonyl (C=O) groups excluding carboxylic acids is 1. The molecule has 0 spiro atoms. The van der Waals surface area contributed by atoms with Crippen LogP contribution in [-0.2, 0) is 0 Å². The van der Waals surface area contributed by atoms with E-state index in [4.69, 9.17) is 15.2 Å². The number of nitrogens with zero attached hydrogens (tertiary/aromatic N) is 3. The van der Waals surface area contributed by atoms with E-state index in [2.05, 4.69) is 15.5 Å². The predicted octanol–water partition coefficient (Wildman–Crippen LogP) is 3.27. The van der Waals surface area contributed by atoms with Gasteiger partial charge in [-0.15, -0.1) is 15.0 Å². The average molecular weight is 389 g/mol. The van der Waals surface area contributed by atoms with Crippen LogP contribution >= 0.6 is 0 Å². The minimum Gasteiger partial charge on any atom is -0.497 e. The fraction of sp³-hybridized carbons (Fsp3) is 0.0952. The minimum atomic E-state index is -0.261. The highest BCUT2D eigenvalue weighted by molar-refractivity contribution is 6.05. The normalized spacial score (nSPS) is 10.7. The number of hydrogen-bond acceptors (Lipinski definition) is 6. The van der Waals surface area contributed by atoms with Crippen molar-refractivity contribution < 1.29 is 14.3 Å². The zero-order valence-corrected chi connectivity index (χ0v) is 15.9. The van der Waals surface area contributed by atoms with Gasteiger partial charge in [-0.05, 0) is 30.3 Å². The molecular formula is C21H19N5O3. The van der Waals surface area contributed by atoms with Gasteiger partial charge in [0.05, 0.1) is 25.6 Å². The van der Waals surface area contributed by atoms with Crippen LogP contribution in [0.1, 0.15) is 10.4 Å². The highest BCUT2D eigenvalue weighted by atomic mass is 16.5. The summed E-state index contributed by atoms with van der Waals surface area (Å²) >= 11 is 0. The second-order valence-corrected chi connectivity index (χ2v) is 6.28. The van der Waals surface area contributed by atoms with Crippen LogP contribution in [0.4, 0.5) is 11.4 Å². The Kier molecular flexibility index (Phi) is 4.74. The maximum absolute atomic E-state index is 12.6. The first kappa shape index (κ1) is 18.3. The molecule has 8 heteroatoms. The fourth-order valence-corrected chi connectivity index (χ4v) is 2.94. The summed E-state index contributed by atoms with van der Waals surface area (Å²) in [7, 11) is 3.11. The van der Waals surface area contributed by atoms with E-state index < -0.39 is 0 Å². The third kappa shape index (κ3) is 3.55. The number of nitrogen functional groups attached to an aromatic ring is 1. The number of nitrogens with two attached hydrogens (primary N) is 1. The van der Waals surface area contributed by atoms with E-state index >= 15 is 0 Å². The van der Waals surface area contributed by atoms with Crippen molar-refractivity contribution in [1.82, 2.24) is 15.0 Å². The van der Waals surface area contributed by atoms with E-state index in [0.29, 0.717) is 45.2 Å². The van der Waals surface area contributed by atoms with Gasteiger partial charge in [-0.3, -0.25) is 4.79 Å². The standard InChI is InChI=1S/C21H19N5O3/c1-28-14-8-9-16-17(10-14)25-26(24-16)19-12-18(20(29-2)11-15(19)22)23-21(27)13-6-4-3-5-7-13/h3-12H,22H2,1-2H3,(H,23,27). The number of hydrogen-bond donors (Lipinski definition) is 2. The molecule has 0 saturated heterocycles. The highest BCUT2D eigenvalue weighted by Crippen LogP contribution is 2.32. The molecule has 4 aromatic rings. The van der Waals surface area contributed by atoms with Crippen molar-refractivity contribution in [3.8, 4) is 17.2 Å². The Hall–Kier alpha value is -4.07. The smallest absolute Gasteiger partial charge is 0.255 e. The number of methoxy groups -OCH3 is 2. The van der Waals surface area contributed by atoms with Gasteiger partial charge < -0.3 is 20.5 Å². The summed E-state index contributed by atoms with van der Waals surface area (Å²) in [6.07, 6.45) is 0. The van der Waals surface area contributed by atoms with E-state index in [-0.39, 0.29) is 5.91 Å². The van der Waals surface area contributed by atoms with Crippen molar-refractivity contribution in [3.63, 3.8) is 0 Å². The van der Waals surface area contributed by atoms with E-state index in [9.17, 15) is 4.79 Å². The Morgan fingerprint density at radius 2 is 1.72 bits per heavy atom. The molecule has 0 aliphatic carbocycles. The molecular weight excluding hydrogens is 370 g/mol. The molecule has 0 saturated carbocycles. The van der Waals surface area contributed by atoms with Gasteiger partial charge in [-0.2, -0.15) is 0 Å². The van der Waals surface area contributed by atoms with E-state index in [1.54, 1.807) is 49.6 Å². The van der Waals surface area contributed by atoms with E-state index in [0.717, 1.165) is 0 Å². The molecule has 0 aliphatic rings. The molecule has 3 aromatic carbocycles. The topological polar surface area (TPSA) is 104 Å². The highest BCUT2D eigenvalue weighted by Gasteiger charge is 2.16. The number of nitrogens with one attached hydrogen (secondary N) is 1. The first-order chi connectivity index (χ1) is 14.1. The molecule has 0 aliphatic heterocycles. The fourth-order valence-electron chi connectivity index (χ4n) is 2.94. The summed E-state index contributed by atoms with van der Waals surface area (Å²) in [6, 6.07) is 17.6. The number of anilines is 2. The summed E-state index contributed by atoms with van der Waals surface area (Å²) in [5, 5.41) is 11.8. The van der Waals surface area contributed by atoms with Gasteiger partial charge in [-0.1, -0.05) is 18.2 Å². The summed E-state index contributed by atoms with van der Waals surface area (Å²) in [4.78, 5) is 14.0. The van der Waals surface area contributed by atoms with Crippen molar-refractivity contribution in [1.29, 1.82) is 0 Å². The van der Waals surface area contributed by atoms with Crippen LogP contribution in [0.2, 0.25) is 0 Å². The Bertz CT molecular complexity index is 1190. The van der Waals surface area contributed by atoms with Crippen molar-refractivity contribution in [3.05, 3.63) is 66.2 Å². The molecule has 4 rings (SSSR count). The molecule has 29 heavy (non-hydrogen) atoms. The van der Waals surface area contributed by atoms with Crippen molar-refractivity contribution >= 4 is 28.3 Å². The number of rotatable bonds is 5. The zero-order valence-electron chi connectivity index (χ0n) is 15.9. The lowest BCUT2D eigenvalue weighted by atomic mass is 10.2. The third-order valence-electron chi connectivity index (χ3n) is 4.44. The Morgan fingerprint density at radius 3 is 2.45 bits per heavy atom. The molecule has 8 nitrogen and oxygen atoms in total. The number of carbonyl (C=O) groups is 1. The largest absolute Gasteiger partial charge is 0.497 e. The van der Waals surface area contributed by atoms with Gasteiger partial charge in [0.25, 0.3) is 5.91 Å². The van der Waals surface area contributed by atoms with Crippen LogP contribution in [0.25, 0.3) is 16.7 Å². The zero-order chi connectivity index (χ0) is 20.4. The molecule has 1 aromatic heterocycles. The molecule has 1 amide bonds. The van der Waals surface area contributed by atoms with Gasteiger partial charge in [0.2, 0.25) is 0 Å². The average Bonchev–Trinajstić information content (AvgIpc) is 3.18. The quantitative estimate of drug-likeness (QED) is 0.508. The molecule has 146 valence electrons. The van der Waals surface area contributed by atoms with Gasteiger partial charge in [0.15, 0.2) is 0 Å². The number of ether oxygens (including phenoxy) is 2. The molecule has 0 unspecified atom stereocenters.